The Hall–Kier alpha value is -2.22. The summed E-state index contributed by atoms with van der Waals surface area (Å²) >= 11 is 5.93. The highest BCUT2D eigenvalue weighted by Gasteiger charge is 2.32. The Kier molecular flexibility index (Phi) is 5.94. The van der Waals surface area contributed by atoms with E-state index in [1.807, 2.05) is 6.07 Å². The molecular weight excluding hydrogens is 381 g/mol. The molecule has 0 aliphatic heterocycles. The summed E-state index contributed by atoms with van der Waals surface area (Å²) in [6, 6.07) is 4.57. The molecule has 0 unspecified atom stereocenters. The van der Waals surface area contributed by atoms with Gasteiger partial charge < -0.3 is 10.6 Å². The quantitative estimate of drug-likeness (QED) is 0.693. The van der Waals surface area contributed by atoms with E-state index in [2.05, 4.69) is 20.8 Å². The molecule has 9 heteroatoms. The fourth-order valence-electron chi connectivity index (χ4n) is 3.26. The van der Waals surface area contributed by atoms with Gasteiger partial charge in [0.25, 0.3) is 5.91 Å². The van der Waals surface area contributed by atoms with Crippen LogP contribution in [0.2, 0.25) is 5.02 Å². The minimum Gasteiger partial charge on any atom is -0.368 e. The lowest BCUT2D eigenvalue weighted by Gasteiger charge is -2.29. The van der Waals surface area contributed by atoms with Gasteiger partial charge in [0.05, 0.1) is 16.1 Å². The number of rotatable bonds is 5. The molecule has 0 spiro atoms. The molecule has 1 aromatic heterocycles. The number of anilines is 1. The molecule has 0 atom stereocenters. The largest absolute Gasteiger partial charge is 0.416 e. The van der Waals surface area contributed by atoms with E-state index in [-0.39, 0.29) is 16.6 Å². The summed E-state index contributed by atoms with van der Waals surface area (Å²) in [5, 5.41) is 12.9. The summed E-state index contributed by atoms with van der Waals surface area (Å²) in [7, 11) is 0. The minimum absolute atomic E-state index is 0.0115. The van der Waals surface area contributed by atoms with E-state index in [4.69, 9.17) is 11.6 Å². The maximum Gasteiger partial charge on any atom is 0.416 e. The number of benzene rings is 1. The van der Waals surface area contributed by atoms with Crippen LogP contribution in [0.15, 0.2) is 30.5 Å². The van der Waals surface area contributed by atoms with Crippen molar-refractivity contribution in [1.29, 1.82) is 0 Å². The number of aromatic nitrogens is 2. The van der Waals surface area contributed by atoms with E-state index in [0.29, 0.717) is 5.92 Å². The Morgan fingerprint density at radius 1 is 1.22 bits per heavy atom. The van der Waals surface area contributed by atoms with Gasteiger partial charge in [0, 0.05) is 18.8 Å². The van der Waals surface area contributed by atoms with Crippen molar-refractivity contribution >= 4 is 23.3 Å². The Bertz CT molecular complexity index is 771. The number of nitrogens with zero attached hydrogens (tertiary/aromatic N) is 1. The number of halogens is 4. The van der Waals surface area contributed by atoms with E-state index >= 15 is 0 Å². The lowest BCUT2D eigenvalue weighted by Crippen LogP contribution is -2.38. The zero-order valence-electron chi connectivity index (χ0n) is 14.4. The fraction of sp³-hybridized carbons (Fsp3) is 0.444. The van der Waals surface area contributed by atoms with Crippen LogP contribution in [0.3, 0.4) is 0 Å². The zero-order valence-corrected chi connectivity index (χ0v) is 15.2. The van der Waals surface area contributed by atoms with Crippen LogP contribution in [-0.4, -0.2) is 28.7 Å². The van der Waals surface area contributed by atoms with Gasteiger partial charge in [0.15, 0.2) is 0 Å². The molecule has 1 fully saturated rings. The highest BCUT2D eigenvalue weighted by Crippen LogP contribution is 2.32. The Labute approximate surface area is 159 Å². The third-order valence-electron chi connectivity index (χ3n) is 4.79. The molecular formula is C18H20ClF3N4O. The van der Waals surface area contributed by atoms with Gasteiger partial charge in [0.1, 0.15) is 5.82 Å². The maximum absolute atomic E-state index is 12.9. The van der Waals surface area contributed by atoms with Gasteiger partial charge >= 0.3 is 6.18 Å². The number of nitrogens with one attached hydrogen (secondary N) is 3. The molecule has 3 rings (SSSR count). The molecule has 0 bridgehead atoms. The highest BCUT2D eigenvalue weighted by atomic mass is 35.5. The molecule has 0 saturated heterocycles. The van der Waals surface area contributed by atoms with Gasteiger partial charge in [-0.25, -0.2) is 0 Å². The third kappa shape index (κ3) is 5.15. The molecule has 1 saturated carbocycles. The lowest BCUT2D eigenvalue weighted by molar-refractivity contribution is -0.137. The Morgan fingerprint density at radius 2 is 1.96 bits per heavy atom. The normalized spacial score (nSPS) is 20.3. The van der Waals surface area contributed by atoms with Crippen molar-refractivity contribution in [3.8, 4) is 0 Å². The van der Waals surface area contributed by atoms with Crippen molar-refractivity contribution in [2.45, 2.75) is 37.9 Å². The fourth-order valence-corrected chi connectivity index (χ4v) is 3.46. The first-order valence-corrected chi connectivity index (χ1v) is 9.12. The number of carbonyl (C=O) groups excluding carboxylic acids is 1. The second-order valence-corrected chi connectivity index (χ2v) is 7.13. The summed E-state index contributed by atoms with van der Waals surface area (Å²) in [5.41, 5.74) is -1.03. The first-order chi connectivity index (χ1) is 12.8. The van der Waals surface area contributed by atoms with Crippen LogP contribution in [0.4, 0.5) is 19.0 Å². The van der Waals surface area contributed by atoms with E-state index in [9.17, 15) is 18.0 Å². The van der Waals surface area contributed by atoms with Crippen LogP contribution in [0.1, 0.15) is 41.6 Å². The molecule has 1 heterocycles. The van der Waals surface area contributed by atoms with Crippen molar-refractivity contribution < 1.29 is 18.0 Å². The molecule has 3 N–H and O–H groups in total. The van der Waals surface area contributed by atoms with Gasteiger partial charge in [-0.2, -0.15) is 18.3 Å². The molecule has 27 heavy (non-hydrogen) atoms. The van der Waals surface area contributed by atoms with E-state index in [1.54, 1.807) is 6.20 Å². The van der Waals surface area contributed by atoms with Gasteiger partial charge in [0.2, 0.25) is 0 Å². The average molecular weight is 401 g/mol. The van der Waals surface area contributed by atoms with Gasteiger partial charge in [-0.15, -0.1) is 0 Å². The topological polar surface area (TPSA) is 69.8 Å². The summed E-state index contributed by atoms with van der Waals surface area (Å²) < 4.78 is 38.6. The summed E-state index contributed by atoms with van der Waals surface area (Å²) in [6.45, 7) is 0.797. The average Bonchev–Trinajstić information content (AvgIpc) is 3.14. The van der Waals surface area contributed by atoms with Crippen LogP contribution in [-0.2, 0) is 6.18 Å². The standard InChI is InChI=1S/C18H20ClF3N4O/c19-15-6-3-12(18(20,21)22)9-14(15)17(27)25-13-4-1-11(2-5-13)10-23-16-7-8-24-26-16/h3,6-9,11,13H,1-2,4-5,10H2,(H,25,27)(H2,23,24,26). The van der Waals surface area contributed by atoms with Crippen LogP contribution < -0.4 is 10.6 Å². The van der Waals surface area contributed by atoms with Gasteiger partial charge in [-0.05, 0) is 55.9 Å². The van der Waals surface area contributed by atoms with Crippen LogP contribution >= 0.6 is 11.6 Å². The number of carbonyl (C=O) groups is 1. The number of hydrogen-bond acceptors (Lipinski definition) is 3. The minimum atomic E-state index is -4.51. The van der Waals surface area contributed by atoms with E-state index in [0.717, 1.165) is 56.2 Å². The monoisotopic (exact) mass is 400 g/mol. The van der Waals surface area contributed by atoms with E-state index < -0.39 is 17.6 Å². The number of alkyl halides is 3. The zero-order chi connectivity index (χ0) is 19.4. The number of aromatic amines is 1. The number of hydrogen-bond donors (Lipinski definition) is 3. The van der Waals surface area contributed by atoms with Crippen LogP contribution in [0, 0.1) is 5.92 Å². The lowest BCUT2D eigenvalue weighted by atomic mass is 9.86. The first-order valence-electron chi connectivity index (χ1n) is 8.74. The molecule has 1 amide bonds. The molecule has 2 aromatic rings. The summed E-state index contributed by atoms with van der Waals surface area (Å²) in [5.74, 6) is 0.695. The van der Waals surface area contributed by atoms with Crippen LogP contribution in [0.25, 0.3) is 0 Å². The van der Waals surface area contributed by atoms with Crippen molar-refractivity contribution in [2.75, 3.05) is 11.9 Å². The highest BCUT2D eigenvalue weighted by molar-refractivity contribution is 6.33. The van der Waals surface area contributed by atoms with Crippen molar-refractivity contribution in [2.24, 2.45) is 5.92 Å². The van der Waals surface area contributed by atoms with Crippen LogP contribution in [0.5, 0.6) is 0 Å². The van der Waals surface area contributed by atoms with Crippen molar-refractivity contribution in [3.63, 3.8) is 0 Å². The second kappa shape index (κ2) is 8.21. The number of amides is 1. The van der Waals surface area contributed by atoms with Crippen molar-refractivity contribution in [1.82, 2.24) is 15.5 Å². The smallest absolute Gasteiger partial charge is 0.368 e. The molecule has 1 aromatic carbocycles. The first kappa shape index (κ1) is 19.5. The van der Waals surface area contributed by atoms with Crippen molar-refractivity contribution in [3.05, 3.63) is 46.6 Å². The SMILES string of the molecule is O=C(NC1CCC(CNc2cc[nH]n2)CC1)c1cc(C(F)(F)F)ccc1Cl. The van der Waals surface area contributed by atoms with Gasteiger partial charge in [-0.1, -0.05) is 11.6 Å². The Balaban J connectivity index is 1.52. The number of H-pyrrole nitrogens is 1. The molecule has 1 aliphatic rings. The molecule has 5 nitrogen and oxygen atoms in total. The summed E-state index contributed by atoms with van der Waals surface area (Å²) in [6.07, 6.45) is 0.606. The Morgan fingerprint density at radius 3 is 2.59 bits per heavy atom. The predicted molar refractivity (Wildman–Crippen MR) is 96.7 cm³/mol. The predicted octanol–water partition coefficient (Wildman–Crippen LogP) is 4.48. The molecule has 146 valence electrons. The van der Waals surface area contributed by atoms with Gasteiger partial charge in [-0.3, -0.25) is 9.89 Å². The third-order valence-corrected chi connectivity index (χ3v) is 5.12. The molecule has 0 radical (unpaired) electrons. The maximum atomic E-state index is 12.9. The second-order valence-electron chi connectivity index (χ2n) is 6.72. The van der Waals surface area contributed by atoms with E-state index in [1.165, 1.54) is 0 Å². The summed E-state index contributed by atoms with van der Waals surface area (Å²) in [4.78, 5) is 12.4. The molecule has 1 aliphatic carbocycles.